The predicted molar refractivity (Wildman–Crippen MR) is 73.2 cm³/mol. The zero-order chi connectivity index (χ0) is 16.3. The number of phenols is 1. The van der Waals surface area contributed by atoms with Gasteiger partial charge in [-0.1, -0.05) is 0 Å². The molecular weight excluding hydrogens is 299 g/mol. The first-order valence-electron chi connectivity index (χ1n) is 7.11. The number of benzene rings is 1. The number of aromatic hydroxyl groups is 1. The van der Waals surface area contributed by atoms with Crippen LogP contribution in [0.25, 0.3) is 0 Å². The predicted octanol–water partition coefficient (Wildman–Crippen LogP) is 2.90. The maximum absolute atomic E-state index is 14.1. The van der Waals surface area contributed by atoms with Gasteiger partial charge in [-0.3, -0.25) is 4.79 Å². The Labute approximate surface area is 126 Å². The fourth-order valence-corrected chi connectivity index (χ4v) is 2.69. The van der Waals surface area contributed by atoms with Crippen molar-refractivity contribution in [2.45, 2.75) is 44.2 Å². The molecule has 1 fully saturated rings. The smallest absolute Gasteiger partial charge is 0.306 e. The van der Waals surface area contributed by atoms with Crippen LogP contribution in [-0.4, -0.2) is 28.1 Å². The molecular formula is C15H18F3NO3. The maximum atomic E-state index is 14.1. The van der Waals surface area contributed by atoms with Gasteiger partial charge in [-0.15, -0.1) is 0 Å². The van der Waals surface area contributed by atoms with Gasteiger partial charge in [0.2, 0.25) is 0 Å². The lowest BCUT2D eigenvalue weighted by Gasteiger charge is -2.26. The molecule has 0 heterocycles. The Kier molecular flexibility index (Phi) is 4.95. The third-order valence-corrected chi connectivity index (χ3v) is 4.07. The van der Waals surface area contributed by atoms with E-state index < -0.39 is 36.1 Å². The molecule has 122 valence electrons. The van der Waals surface area contributed by atoms with Crippen LogP contribution in [0.1, 0.15) is 31.2 Å². The molecule has 1 aromatic carbocycles. The fourth-order valence-electron chi connectivity index (χ4n) is 2.69. The number of alkyl halides is 2. The minimum Gasteiger partial charge on any atom is -0.508 e. The van der Waals surface area contributed by atoms with E-state index in [9.17, 15) is 23.1 Å². The van der Waals surface area contributed by atoms with Crippen molar-refractivity contribution in [1.82, 2.24) is 5.32 Å². The largest absolute Gasteiger partial charge is 0.508 e. The van der Waals surface area contributed by atoms with E-state index in [1.54, 1.807) is 0 Å². The van der Waals surface area contributed by atoms with Gasteiger partial charge in [-0.2, -0.15) is 0 Å². The zero-order valence-electron chi connectivity index (χ0n) is 11.9. The number of phenolic OH excluding ortho intramolecular Hbond substituents is 1. The first-order valence-corrected chi connectivity index (χ1v) is 7.11. The van der Waals surface area contributed by atoms with E-state index in [1.165, 1.54) is 0 Å². The molecule has 0 spiro atoms. The van der Waals surface area contributed by atoms with Crippen molar-refractivity contribution in [3.8, 4) is 5.75 Å². The third kappa shape index (κ3) is 3.91. The minimum atomic E-state index is -3.03. The van der Waals surface area contributed by atoms with Crippen LogP contribution in [0.15, 0.2) is 18.2 Å². The Morgan fingerprint density at radius 1 is 1.32 bits per heavy atom. The van der Waals surface area contributed by atoms with E-state index >= 15 is 0 Å². The summed E-state index contributed by atoms with van der Waals surface area (Å²) in [5.74, 6) is -5.59. The first kappa shape index (κ1) is 16.6. The van der Waals surface area contributed by atoms with E-state index in [-0.39, 0.29) is 37.1 Å². The topological polar surface area (TPSA) is 69.6 Å². The second-order valence-corrected chi connectivity index (χ2v) is 5.62. The Hall–Kier alpha value is -1.76. The van der Waals surface area contributed by atoms with Gasteiger partial charge in [0, 0.05) is 18.5 Å². The summed E-state index contributed by atoms with van der Waals surface area (Å²) < 4.78 is 41.2. The van der Waals surface area contributed by atoms with E-state index in [2.05, 4.69) is 5.32 Å². The van der Waals surface area contributed by atoms with Crippen molar-refractivity contribution in [2.75, 3.05) is 0 Å². The quantitative estimate of drug-likeness (QED) is 0.747. The van der Waals surface area contributed by atoms with Crippen molar-refractivity contribution in [3.05, 3.63) is 29.6 Å². The number of halogens is 3. The molecule has 0 unspecified atom stereocenters. The molecule has 2 rings (SSSR count). The zero-order valence-corrected chi connectivity index (χ0v) is 11.9. The second kappa shape index (κ2) is 6.56. The van der Waals surface area contributed by atoms with Gasteiger partial charge in [0.25, 0.3) is 5.92 Å². The normalized spacial score (nSPS) is 24.7. The van der Waals surface area contributed by atoms with Gasteiger partial charge in [0.05, 0.1) is 12.0 Å². The van der Waals surface area contributed by atoms with Crippen LogP contribution in [0.2, 0.25) is 0 Å². The van der Waals surface area contributed by atoms with Gasteiger partial charge in [-0.05, 0) is 37.5 Å². The maximum Gasteiger partial charge on any atom is 0.306 e. The summed E-state index contributed by atoms with van der Waals surface area (Å²) in [6.45, 7) is -0.110. The molecule has 0 aliphatic heterocycles. The first-order chi connectivity index (χ1) is 10.3. The van der Waals surface area contributed by atoms with Crippen molar-refractivity contribution in [1.29, 1.82) is 0 Å². The van der Waals surface area contributed by atoms with Crippen LogP contribution < -0.4 is 5.32 Å². The average molecular weight is 317 g/mol. The summed E-state index contributed by atoms with van der Waals surface area (Å²) in [6.07, 6.45) is -0.389. The lowest BCUT2D eigenvalue weighted by atomic mass is 10.0. The average Bonchev–Trinajstić information content (AvgIpc) is 2.58. The van der Waals surface area contributed by atoms with Crippen LogP contribution in [-0.2, 0) is 11.3 Å². The number of rotatable bonds is 4. The number of aliphatic carboxylic acids is 1. The molecule has 1 aliphatic carbocycles. The van der Waals surface area contributed by atoms with Gasteiger partial charge in [-0.25, -0.2) is 13.2 Å². The van der Waals surface area contributed by atoms with Crippen molar-refractivity contribution >= 4 is 5.97 Å². The molecule has 2 atom stereocenters. The highest BCUT2D eigenvalue weighted by Crippen LogP contribution is 2.35. The standard InChI is InChI=1S/C15H18F3NO3/c16-11-2-3-12(20)10(7-11)8-19-13-4-1-9(14(21)22)5-6-15(13,17)18/h2-3,7,9,13,19-20H,1,4-6,8H2,(H,21,22)/t9-,13-/m1/s1. The number of carboxylic acid groups (broad SMARTS) is 1. The second-order valence-electron chi connectivity index (χ2n) is 5.62. The SMILES string of the molecule is O=C(O)[C@@H]1CC[C@@H](NCc2cc(F)ccc2O)C(F)(F)CC1. The molecule has 0 radical (unpaired) electrons. The summed E-state index contributed by atoms with van der Waals surface area (Å²) in [5.41, 5.74) is 0.190. The number of hydrogen-bond donors (Lipinski definition) is 3. The van der Waals surface area contributed by atoms with Crippen LogP contribution in [0.4, 0.5) is 13.2 Å². The molecule has 0 saturated heterocycles. The third-order valence-electron chi connectivity index (χ3n) is 4.07. The number of carbonyl (C=O) groups is 1. The molecule has 4 nitrogen and oxygen atoms in total. The lowest BCUT2D eigenvalue weighted by Crippen LogP contribution is -2.43. The Morgan fingerprint density at radius 2 is 2.05 bits per heavy atom. The number of nitrogens with one attached hydrogen (secondary N) is 1. The Balaban J connectivity index is 2.04. The summed E-state index contributed by atoms with van der Waals surface area (Å²) in [6, 6.07) is 2.13. The van der Waals surface area contributed by atoms with Crippen LogP contribution in [0.5, 0.6) is 5.75 Å². The van der Waals surface area contributed by atoms with E-state index in [1.807, 2.05) is 0 Å². The summed E-state index contributed by atoms with van der Waals surface area (Å²) >= 11 is 0. The molecule has 3 N–H and O–H groups in total. The molecule has 0 aromatic heterocycles. The fraction of sp³-hybridized carbons (Fsp3) is 0.533. The summed E-state index contributed by atoms with van der Waals surface area (Å²) in [5, 5.41) is 21.2. The van der Waals surface area contributed by atoms with Crippen LogP contribution >= 0.6 is 0 Å². The molecule has 0 amide bonds. The molecule has 7 heteroatoms. The van der Waals surface area contributed by atoms with Crippen molar-refractivity contribution < 1.29 is 28.2 Å². The van der Waals surface area contributed by atoms with Gasteiger partial charge in [0.15, 0.2) is 0 Å². The number of hydrogen-bond acceptors (Lipinski definition) is 3. The van der Waals surface area contributed by atoms with Crippen molar-refractivity contribution in [3.63, 3.8) is 0 Å². The van der Waals surface area contributed by atoms with Crippen LogP contribution in [0, 0.1) is 11.7 Å². The van der Waals surface area contributed by atoms with Gasteiger partial charge < -0.3 is 15.5 Å². The van der Waals surface area contributed by atoms with E-state index in [0.717, 1.165) is 18.2 Å². The Bertz CT molecular complexity index is 551. The molecule has 0 bridgehead atoms. The lowest BCUT2D eigenvalue weighted by molar-refractivity contribution is -0.142. The van der Waals surface area contributed by atoms with Gasteiger partial charge in [0.1, 0.15) is 11.6 Å². The molecule has 1 saturated carbocycles. The van der Waals surface area contributed by atoms with Crippen molar-refractivity contribution in [2.24, 2.45) is 5.92 Å². The highest BCUT2D eigenvalue weighted by molar-refractivity contribution is 5.69. The molecule has 1 aromatic rings. The van der Waals surface area contributed by atoms with Crippen LogP contribution in [0.3, 0.4) is 0 Å². The summed E-state index contributed by atoms with van der Waals surface area (Å²) in [7, 11) is 0. The van der Waals surface area contributed by atoms with E-state index in [4.69, 9.17) is 5.11 Å². The number of carboxylic acids is 1. The highest BCUT2D eigenvalue weighted by atomic mass is 19.3. The minimum absolute atomic E-state index is 0.0139. The Morgan fingerprint density at radius 3 is 2.73 bits per heavy atom. The molecule has 1 aliphatic rings. The highest BCUT2D eigenvalue weighted by Gasteiger charge is 2.42. The molecule has 22 heavy (non-hydrogen) atoms. The van der Waals surface area contributed by atoms with E-state index in [0.29, 0.717) is 0 Å². The monoisotopic (exact) mass is 317 g/mol. The summed E-state index contributed by atoms with van der Waals surface area (Å²) in [4.78, 5) is 10.9. The van der Waals surface area contributed by atoms with Gasteiger partial charge >= 0.3 is 5.97 Å².